The number of fused-ring (bicyclic) bond motifs is 2. The Bertz CT molecular complexity index is 980. The van der Waals surface area contributed by atoms with Crippen molar-refractivity contribution in [3.63, 3.8) is 0 Å². The van der Waals surface area contributed by atoms with Crippen LogP contribution in [0.1, 0.15) is 12.0 Å². The predicted octanol–water partition coefficient (Wildman–Crippen LogP) is 4.16. The van der Waals surface area contributed by atoms with Gasteiger partial charge in [0.2, 0.25) is 0 Å². The van der Waals surface area contributed by atoms with Gasteiger partial charge in [0, 0.05) is 6.42 Å². The minimum Gasteiger partial charge on any atom is -0.497 e. The Balaban J connectivity index is 1.39. The molecule has 0 atom stereocenters. The lowest BCUT2D eigenvalue weighted by Gasteiger charge is -2.18. The number of carbonyl (C=O) groups excluding carboxylic acids is 1. The van der Waals surface area contributed by atoms with E-state index in [2.05, 4.69) is 0 Å². The average molecular weight is 364 g/mol. The van der Waals surface area contributed by atoms with E-state index in [1.54, 1.807) is 13.2 Å². The maximum atomic E-state index is 12.2. The van der Waals surface area contributed by atoms with Gasteiger partial charge in [0.25, 0.3) is 0 Å². The minimum atomic E-state index is -0.271. The van der Waals surface area contributed by atoms with E-state index in [-0.39, 0.29) is 12.4 Å². The third-order valence-corrected chi connectivity index (χ3v) is 4.47. The molecule has 4 rings (SSSR count). The number of aryl methyl sites for hydroxylation is 1. The second-order valence-corrected chi connectivity index (χ2v) is 6.33. The van der Waals surface area contributed by atoms with Crippen LogP contribution in [0.4, 0.5) is 0 Å². The smallest absolute Gasteiger partial charge is 0.311 e. The van der Waals surface area contributed by atoms with Crippen molar-refractivity contribution in [1.82, 2.24) is 0 Å². The van der Waals surface area contributed by atoms with Crippen LogP contribution in [0.25, 0.3) is 10.8 Å². The largest absolute Gasteiger partial charge is 0.497 e. The Hall–Kier alpha value is -3.21. The Morgan fingerprint density at radius 2 is 1.63 bits per heavy atom. The van der Waals surface area contributed by atoms with Crippen molar-refractivity contribution in [3.05, 3.63) is 60.2 Å². The maximum Gasteiger partial charge on any atom is 0.311 e. The van der Waals surface area contributed by atoms with Crippen LogP contribution in [0.3, 0.4) is 0 Å². The third kappa shape index (κ3) is 3.97. The lowest BCUT2D eigenvalue weighted by atomic mass is 10.1. The molecule has 138 valence electrons. The number of benzene rings is 3. The summed E-state index contributed by atoms with van der Waals surface area (Å²) in [7, 11) is 1.63. The molecule has 0 amide bonds. The third-order valence-electron chi connectivity index (χ3n) is 4.47. The summed E-state index contributed by atoms with van der Waals surface area (Å²) < 4.78 is 21.8. The highest BCUT2D eigenvalue weighted by atomic mass is 16.6. The van der Waals surface area contributed by atoms with Gasteiger partial charge >= 0.3 is 5.97 Å². The molecule has 3 aromatic carbocycles. The molecule has 0 saturated carbocycles. The normalized spacial score (nSPS) is 12.6. The average Bonchev–Trinajstić information content (AvgIpc) is 2.71. The molecule has 5 heteroatoms. The zero-order chi connectivity index (χ0) is 18.6. The summed E-state index contributed by atoms with van der Waals surface area (Å²) in [5, 5.41) is 2.03. The van der Waals surface area contributed by atoms with Crippen LogP contribution in [0.15, 0.2) is 54.6 Å². The molecule has 0 spiro atoms. The Kier molecular flexibility index (Phi) is 4.83. The van der Waals surface area contributed by atoms with Crippen molar-refractivity contribution < 1.29 is 23.7 Å². The van der Waals surface area contributed by atoms with Gasteiger partial charge in [-0.25, -0.2) is 0 Å². The van der Waals surface area contributed by atoms with Crippen molar-refractivity contribution in [2.75, 3.05) is 20.3 Å². The van der Waals surface area contributed by atoms with Crippen molar-refractivity contribution in [2.45, 2.75) is 12.8 Å². The highest BCUT2D eigenvalue weighted by molar-refractivity contribution is 5.86. The number of methoxy groups -OCH3 is 1. The fourth-order valence-corrected chi connectivity index (χ4v) is 3.07. The summed E-state index contributed by atoms with van der Waals surface area (Å²) >= 11 is 0. The van der Waals surface area contributed by atoms with Gasteiger partial charge in [-0.3, -0.25) is 4.79 Å². The van der Waals surface area contributed by atoms with Crippen molar-refractivity contribution in [2.24, 2.45) is 0 Å². The Labute approximate surface area is 157 Å². The highest BCUT2D eigenvalue weighted by Crippen LogP contribution is 2.31. The first kappa shape index (κ1) is 17.2. The first-order valence-corrected chi connectivity index (χ1v) is 8.88. The molecular formula is C22H20O5. The quantitative estimate of drug-likeness (QED) is 0.503. The van der Waals surface area contributed by atoms with Gasteiger partial charge < -0.3 is 18.9 Å². The monoisotopic (exact) mass is 364 g/mol. The van der Waals surface area contributed by atoms with E-state index in [1.165, 1.54) is 0 Å². The first-order valence-electron chi connectivity index (χ1n) is 8.88. The summed E-state index contributed by atoms with van der Waals surface area (Å²) in [6.07, 6.45) is 0.868. The molecule has 0 unspecified atom stereocenters. The first-order chi connectivity index (χ1) is 13.2. The van der Waals surface area contributed by atoms with E-state index in [1.807, 2.05) is 48.5 Å². The number of hydrogen-bond donors (Lipinski definition) is 0. The molecule has 1 heterocycles. The summed E-state index contributed by atoms with van der Waals surface area (Å²) in [4.78, 5) is 12.2. The molecule has 27 heavy (non-hydrogen) atoms. The molecule has 0 radical (unpaired) electrons. The number of rotatable bonds is 5. The van der Waals surface area contributed by atoms with Crippen molar-refractivity contribution in [1.29, 1.82) is 0 Å². The lowest BCUT2D eigenvalue weighted by molar-refractivity contribution is -0.134. The number of hydrogen-bond acceptors (Lipinski definition) is 5. The van der Waals surface area contributed by atoms with E-state index in [0.717, 1.165) is 33.6 Å². The summed E-state index contributed by atoms with van der Waals surface area (Å²) in [5.74, 6) is 2.51. The summed E-state index contributed by atoms with van der Waals surface area (Å²) in [6, 6.07) is 17.1. The molecule has 0 aromatic heterocycles. The molecule has 1 aliphatic rings. The zero-order valence-electron chi connectivity index (χ0n) is 15.1. The van der Waals surface area contributed by atoms with Gasteiger partial charge in [-0.15, -0.1) is 0 Å². The molecular weight excluding hydrogens is 344 g/mol. The fraction of sp³-hybridized carbons (Fsp3) is 0.227. The molecule has 0 saturated heterocycles. The van der Waals surface area contributed by atoms with Crippen LogP contribution < -0.4 is 18.9 Å². The SMILES string of the molecule is COc1ccc2ccc(OC(=O)CCc3ccc4c(c3)OCCO4)cc2c1. The maximum absolute atomic E-state index is 12.2. The zero-order valence-corrected chi connectivity index (χ0v) is 15.1. The minimum absolute atomic E-state index is 0.271. The summed E-state index contributed by atoms with van der Waals surface area (Å²) in [6.45, 7) is 1.11. The van der Waals surface area contributed by atoms with Gasteiger partial charge in [-0.1, -0.05) is 18.2 Å². The molecule has 0 bridgehead atoms. The van der Waals surface area contributed by atoms with E-state index in [9.17, 15) is 4.79 Å². The van der Waals surface area contributed by atoms with Crippen molar-refractivity contribution >= 4 is 16.7 Å². The van der Waals surface area contributed by atoms with E-state index in [0.29, 0.717) is 25.4 Å². The lowest BCUT2D eigenvalue weighted by Crippen LogP contribution is -2.15. The molecule has 0 fully saturated rings. The molecule has 5 nitrogen and oxygen atoms in total. The van der Waals surface area contributed by atoms with Gasteiger partial charge in [0.1, 0.15) is 24.7 Å². The van der Waals surface area contributed by atoms with Crippen LogP contribution in [0.5, 0.6) is 23.0 Å². The van der Waals surface area contributed by atoms with Gasteiger partial charge in [0.15, 0.2) is 11.5 Å². The summed E-state index contributed by atoms with van der Waals surface area (Å²) in [5.41, 5.74) is 1.01. The number of ether oxygens (including phenoxy) is 4. The van der Waals surface area contributed by atoms with Crippen LogP contribution in [-0.4, -0.2) is 26.3 Å². The van der Waals surface area contributed by atoms with Crippen molar-refractivity contribution in [3.8, 4) is 23.0 Å². The van der Waals surface area contributed by atoms with Gasteiger partial charge in [-0.05, 0) is 59.2 Å². The standard InChI is InChI=1S/C22H20O5/c1-24-18-6-4-16-5-7-19(14-17(16)13-18)27-22(23)9-3-15-2-8-20-21(12-15)26-11-10-25-20/h2,4-8,12-14H,3,9-11H2,1H3. The Morgan fingerprint density at radius 3 is 2.44 bits per heavy atom. The van der Waals surface area contributed by atoms with Gasteiger partial charge in [0.05, 0.1) is 7.11 Å². The molecule has 0 aliphatic carbocycles. The topological polar surface area (TPSA) is 54.0 Å². The Morgan fingerprint density at radius 1 is 0.889 bits per heavy atom. The highest BCUT2D eigenvalue weighted by Gasteiger charge is 2.13. The van der Waals surface area contributed by atoms with E-state index >= 15 is 0 Å². The predicted molar refractivity (Wildman–Crippen MR) is 102 cm³/mol. The number of carbonyl (C=O) groups is 1. The van der Waals surface area contributed by atoms with E-state index < -0.39 is 0 Å². The van der Waals surface area contributed by atoms with Gasteiger partial charge in [-0.2, -0.15) is 0 Å². The molecule has 3 aromatic rings. The number of esters is 1. The van der Waals surface area contributed by atoms with E-state index in [4.69, 9.17) is 18.9 Å². The van der Waals surface area contributed by atoms with Crippen LogP contribution in [0.2, 0.25) is 0 Å². The molecule has 1 aliphatic heterocycles. The second-order valence-electron chi connectivity index (χ2n) is 6.33. The van der Waals surface area contributed by atoms with Crippen LogP contribution >= 0.6 is 0 Å². The van der Waals surface area contributed by atoms with Crippen LogP contribution in [0, 0.1) is 0 Å². The second kappa shape index (κ2) is 7.58. The fourth-order valence-electron chi connectivity index (χ4n) is 3.07. The molecule has 0 N–H and O–H groups in total. The van der Waals surface area contributed by atoms with Crippen LogP contribution in [-0.2, 0) is 11.2 Å².